The molecule has 0 spiro atoms. The van der Waals surface area contributed by atoms with Crippen molar-refractivity contribution in [2.75, 3.05) is 0 Å². The Labute approximate surface area is 149 Å². The fraction of sp³-hybridized carbons (Fsp3) is 0.278. The summed E-state index contributed by atoms with van der Waals surface area (Å²) in [6.45, 7) is 6.24. The fourth-order valence-corrected chi connectivity index (χ4v) is 3.67. The minimum atomic E-state index is -0.337. The minimum Gasteiger partial charge on any atom is -0.325 e. The van der Waals surface area contributed by atoms with Gasteiger partial charge in [0.1, 0.15) is 0 Å². The molecule has 0 aromatic carbocycles. The molecule has 0 saturated carbocycles. The Hall–Kier alpha value is -1.98. The van der Waals surface area contributed by atoms with Crippen molar-refractivity contribution in [3.8, 4) is 0 Å². The number of thiophene rings is 1. The molecule has 1 atom stereocenters. The van der Waals surface area contributed by atoms with Gasteiger partial charge in [-0.2, -0.15) is 0 Å². The van der Waals surface area contributed by atoms with E-state index in [4.69, 9.17) is 11.6 Å². The van der Waals surface area contributed by atoms with Crippen molar-refractivity contribution in [3.63, 3.8) is 0 Å². The van der Waals surface area contributed by atoms with E-state index in [0.29, 0.717) is 14.9 Å². The molecule has 1 aliphatic carbocycles. The summed E-state index contributed by atoms with van der Waals surface area (Å²) in [5.74, 6) is -0.475. The van der Waals surface area contributed by atoms with E-state index in [1.807, 2.05) is 12.2 Å². The molecule has 24 heavy (non-hydrogen) atoms. The number of carbonyl (C=O) groups excluding carboxylic acids is 2. The molecule has 1 aliphatic heterocycles. The molecule has 124 valence electrons. The number of amides is 2. The predicted octanol–water partition coefficient (Wildman–Crippen LogP) is 4.15. The Balaban J connectivity index is 1.90. The second kappa shape index (κ2) is 6.15. The number of aliphatic imine (C=N–C) groups is 1. The van der Waals surface area contributed by atoms with Crippen LogP contribution in [-0.4, -0.2) is 17.5 Å². The van der Waals surface area contributed by atoms with E-state index in [9.17, 15) is 9.59 Å². The van der Waals surface area contributed by atoms with Crippen molar-refractivity contribution in [3.05, 3.63) is 56.9 Å². The van der Waals surface area contributed by atoms with Crippen LogP contribution in [0.5, 0.6) is 0 Å². The lowest BCUT2D eigenvalue weighted by Crippen LogP contribution is -2.36. The van der Waals surface area contributed by atoms with Crippen LogP contribution in [0, 0.1) is 11.3 Å². The van der Waals surface area contributed by atoms with E-state index in [2.05, 4.69) is 31.1 Å². The number of fused-ring (bicyclic) bond motifs is 1. The highest BCUT2D eigenvalue weighted by atomic mass is 35.5. The van der Waals surface area contributed by atoms with Gasteiger partial charge in [0.15, 0.2) is 0 Å². The number of halogens is 1. The molecule has 2 aliphatic rings. The monoisotopic (exact) mass is 360 g/mol. The molecule has 1 unspecified atom stereocenters. The largest absolute Gasteiger partial charge is 0.325 e. The van der Waals surface area contributed by atoms with Crippen molar-refractivity contribution >= 4 is 40.5 Å². The summed E-state index contributed by atoms with van der Waals surface area (Å²) in [7, 11) is 0. The van der Waals surface area contributed by atoms with Crippen molar-refractivity contribution in [2.24, 2.45) is 16.3 Å². The number of allylic oxidation sites excluding steroid dienone is 3. The molecule has 1 aromatic heterocycles. The minimum absolute atomic E-state index is 0.00735. The standard InChI is InChI=1S/C18H17ClN2O2S/c1-18(2,3)12-9-16(22)21-13-8-10(4-5-11(12)13)20-17(23)14-6-7-15(19)24-14/h4-9,11H,1-3H3,(H,21,22). The Morgan fingerprint density at radius 2 is 2.04 bits per heavy atom. The van der Waals surface area contributed by atoms with Crippen LogP contribution >= 0.6 is 22.9 Å². The Morgan fingerprint density at radius 1 is 1.29 bits per heavy atom. The molecule has 1 N–H and O–H groups in total. The van der Waals surface area contributed by atoms with Gasteiger partial charge in [0.25, 0.3) is 5.91 Å². The van der Waals surface area contributed by atoms with Gasteiger partial charge in [-0.3, -0.25) is 9.59 Å². The van der Waals surface area contributed by atoms with Gasteiger partial charge < -0.3 is 5.32 Å². The first-order valence-electron chi connectivity index (χ1n) is 7.55. The topological polar surface area (TPSA) is 58.5 Å². The maximum absolute atomic E-state index is 12.2. The van der Waals surface area contributed by atoms with Crippen LogP contribution < -0.4 is 5.32 Å². The SMILES string of the molecule is CC(C)(C)C1=CC(=O)NC2=CC(=NC(=O)c3ccc(Cl)s3)C=CC21. The molecule has 3 rings (SSSR count). The Kier molecular flexibility index (Phi) is 4.32. The molecule has 2 heterocycles. The molecular weight excluding hydrogens is 344 g/mol. The molecule has 1 aromatic rings. The van der Waals surface area contributed by atoms with Gasteiger partial charge in [0, 0.05) is 17.7 Å². The average Bonchev–Trinajstić information content (AvgIpc) is 2.92. The number of rotatable bonds is 1. The van der Waals surface area contributed by atoms with Gasteiger partial charge in [-0.1, -0.05) is 38.4 Å². The molecule has 0 fully saturated rings. The van der Waals surface area contributed by atoms with Crippen molar-refractivity contribution in [1.82, 2.24) is 5.32 Å². The van der Waals surface area contributed by atoms with Crippen LogP contribution in [0.3, 0.4) is 0 Å². The third-order valence-electron chi connectivity index (χ3n) is 3.87. The highest BCUT2D eigenvalue weighted by Crippen LogP contribution is 2.38. The normalized spacial score (nSPS) is 21.9. The van der Waals surface area contributed by atoms with E-state index in [1.165, 1.54) is 11.3 Å². The summed E-state index contributed by atoms with van der Waals surface area (Å²) in [5, 5.41) is 2.85. The van der Waals surface area contributed by atoms with Gasteiger partial charge in [-0.05, 0) is 35.3 Å². The van der Waals surface area contributed by atoms with Crippen LogP contribution in [0.4, 0.5) is 0 Å². The molecule has 6 heteroatoms. The van der Waals surface area contributed by atoms with Crippen molar-refractivity contribution in [1.29, 1.82) is 0 Å². The third kappa shape index (κ3) is 3.42. The zero-order valence-corrected chi connectivity index (χ0v) is 15.2. The predicted molar refractivity (Wildman–Crippen MR) is 97.5 cm³/mol. The summed E-state index contributed by atoms with van der Waals surface area (Å²) < 4.78 is 0.552. The molecule has 2 amide bonds. The van der Waals surface area contributed by atoms with Crippen LogP contribution in [0.1, 0.15) is 30.4 Å². The summed E-state index contributed by atoms with van der Waals surface area (Å²) in [4.78, 5) is 28.7. The first-order chi connectivity index (χ1) is 11.2. The number of hydrogen-bond acceptors (Lipinski definition) is 3. The number of nitrogens with zero attached hydrogens (tertiary/aromatic N) is 1. The van der Waals surface area contributed by atoms with Crippen LogP contribution in [-0.2, 0) is 4.79 Å². The second-order valence-corrected chi connectivity index (χ2v) is 8.44. The van der Waals surface area contributed by atoms with E-state index >= 15 is 0 Å². The Morgan fingerprint density at radius 3 is 2.67 bits per heavy atom. The summed E-state index contributed by atoms with van der Waals surface area (Å²) >= 11 is 7.05. The lowest BCUT2D eigenvalue weighted by Gasteiger charge is -2.34. The van der Waals surface area contributed by atoms with E-state index in [0.717, 1.165) is 11.3 Å². The van der Waals surface area contributed by atoms with Crippen molar-refractivity contribution < 1.29 is 9.59 Å². The molecule has 0 bridgehead atoms. The summed E-state index contributed by atoms with van der Waals surface area (Å²) in [6, 6.07) is 3.33. The molecular formula is C18H17ClN2O2S. The molecule has 0 radical (unpaired) electrons. The average molecular weight is 361 g/mol. The fourth-order valence-electron chi connectivity index (χ4n) is 2.74. The van der Waals surface area contributed by atoms with Crippen LogP contribution in [0.2, 0.25) is 4.34 Å². The van der Waals surface area contributed by atoms with E-state index in [-0.39, 0.29) is 23.1 Å². The van der Waals surface area contributed by atoms with Gasteiger partial charge in [0.2, 0.25) is 5.91 Å². The number of hydrogen-bond donors (Lipinski definition) is 1. The first-order valence-corrected chi connectivity index (χ1v) is 8.75. The Bertz CT molecular complexity index is 837. The molecule has 4 nitrogen and oxygen atoms in total. The lowest BCUT2D eigenvalue weighted by atomic mass is 9.74. The number of nitrogens with one attached hydrogen (secondary N) is 1. The number of carbonyl (C=O) groups is 2. The maximum atomic E-state index is 12.2. The summed E-state index contributed by atoms with van der Waals surface area (Å²) in [6.07, 6.45) is 7.21. The van der Waals surface area contributed by atoms with E-state index < -0.39 is 0 Å². The highest BCUT2D eigenvalue weighted by molar-refractivity contribution is 7.18. The third-order valence-corrected chi connectivity index (χ3v) is 5.09. The van der Waals surface area contributed by atoms with Gasteiger partial charge >= 0.3 is 0 Å². The highest BCUT2D eigenvalue weighted by Gasteiger charge is 2.32. The van der Waals surface area contributed by atoms with Gasteiger partial charge in [-0.25, -0.2) is 4.99 Å². The lowest BCUT2D eigenvalue weighted by molar-refractivity contribution is -0.116. The maximum Gasteiger partial charge on any atom is 0.287 e. The zero-order valence-electron chi connectivity index (χ0n) is 13.6. The van der Waals surface area contributed by atoms with Crippen molar-refractivity contribution in [2.45, 2.75) is 20.8 Å². The zero-order chi connectivity index (χ0) is 17.5. The smallest absolute Gasteiger partial charge is 0.287 e. The van der Waals surface area contributed by atoms with Crippen LogP contribution in [0.15, 0.2) is 52.7 Å². The molecule has 0 saturated heterocycles. The second-order valence-electron chi connectivity index (χ2n) is 6.72. The first kappa shape index (κ1) is 16.9. The van der Waals surface area contributed by atoms with Gasteiger partial charge in [0.05, 0.1) is 14.9 Å². The summed E-state index contributed by atoms with van der Waals surface area (Å²) in [5.41, 5.74) is 2.20. The van der Waals surface area contributed by atoms with Gasteiger partial charge in [-0.15, -0.1) is 11.3 Å². The van der Waals surface area contributed by atoms with Crippen LogP contribution in [0.25, 0.3) is 0 Å². The van der Waals surface area contributed by atoms with E-state index in [1.54, 1.807) is 24.3 Å². The quantitative estimate of drug-likeness (QED) is 0.817.